The average Bonchev–Trinajstić information content (AvgIpc) is 2.64. The number of nitrogens with one attached hydrogen (secondary N) is 2. The van der Waals surface area contributed by atoms with Crippen LogP contribution in [0.3, 0.4) is 0 Å². The lowest BCUT2D eigenvalue weighted by Crippen LogP contribution is -2.08. The van der Waals surface area contributed by atoms with E-state index in [4.69, 9.17) is 16.7 Å². The highest BCUT2D eigenvalue weighted by Gasteiger charge is 2.07. The lowest BCUT2D eigenvalue weighted by molar-refractivity contribution is 0.292. The molecule has 0 spiro atoms. The van der Waals surface area contributed by atoms with Gasteiger partial charge in [-0.15, -0.1) is 0 Å². The van der Waals surface area contributed by atoms with E-state index >= 15 is 0 Å². The summed E-state index contributed by atoms with van der Waals surface area (Å²) in [7, 11) is 0. The molecular formula is C19H19ClN4O. The van der Waals surface area contributed by atoms with Crippen molar-refractivity contribution in [2.45, 2.75) is 6.42 Å². The molecule has 0 saturated carbocycles. The summed E-state index contributed by atoms with van der Waals surface area (Å²) in [4.78, 5) is 9.07. The van der Waals surface area contributed by atoms with Crippen molar-refractivity contribution in [3.63, 3.8) is 0 Å². The number of aliphatic hydroxyl groups excluding tert-OH is 1. The molecule has 0 aliphatic rings. The Bertz CT molecular complexity index is 809. The molecule has 0 saturated heterocycles. The molecule has 128 valence electrons. The molecule has 0 radical (unpaired) electrons. The van der Waals surface area contributed by atoms with Gasteiger partial charge in [0.05, 0.1) is 5.69 Å². The van der Waals surface area contributed by atoms with E-state index in [1.54, 1.807) is 0 Å². The first-order valence-electron chi connectivity index (χ1n) is 8.06. The van der Waals surface area contributed by atoms with E-state index in [1.165, 1.54) is 0 Å². The van der Waals surface area contributed by atoms with Gasteiger partial charge < -0.3 is 15.7 Å². The summed E-state index contributed by atoms with van der Waals surface area (Å²) >= 11 is 5.93. The molecule has 0 aliphatic carbocycles. The monoisotopic (exact) mass is 354 g/mol. The maximum absolute atomic E-state index is 8.94. The molecule has 1 heterocycles. The van der Waals surface area contributed by atoms with Crippen molar-refractivity contribution in [2.24, 2.45) is 0 Å². The fourth-order valence-electron chi connectivity index (χ4n) is 2.31. The fourth-order valence-corrected chi connectivity index (χ4v) is 2.43. The van der Waals surface area contributed by atoms with E-state index in [-0.39, 0.29) is 6.61 Å². The van der Waals surface area contributed by atoms with Gasteiger partial charge in [0.15, 0.2) is 0 Å². The normalized spacial score (nSPS) is 10.5. The summed E-state index contributed by atoms with van der Waals surface area (Å²) in [5.41, 5.74) is 2.72. The molecule has 0 aliphatic heterocycles. The third-order valence-corrected chi connectivity index (χ3v) is 3.78. The van der Waals surface area contributed by atoms with Crippen LogP contribution in [0.5, 0.6) is 0 Å². The summed E-state index contributed by atoms with van der Waals surface area (Å²) in [5.74, 6) is 1.20. The Hall–Kier alpha value is -2.63. The first kappa shape index (κ1) is 17.2. The molecule has 0 fully saturated rings. The zero-order valence-electron chi connectivity index (χ0n) is 13.6. The van der Waals surface area contributed by atoms with Gasteiger partial charge in [-0.3, -0.25) is 0 Å². The predicted molar refractivity (Wildman–Crippen MR) is 102 cm³/mol. The molecule has 2 aromatic carbocycles. The van der Waals surface area contributed by atoms with Crippen LogP contribution in [0.2, 0.25) is 5.02 Å². The van der Waals surface area contributed by atoms with Gasteiger partial charge in [0.2, 0.25) is 5.95 Å². The lowest BCUT2D eigenvalue weighted by Gasteiger charge is -2.11. The Labute approximate surface area is 151 Å². The van der Waals surface area contributed by atoms with Crippen LogP contribution in [0.15, 0.2) is 60.7 Å². The van der Waals surface area contributed by atoms with Crippen molar-refractivity contribution in [2.75, 3.05) is 23.8 Å². The number of rotatable bonds is 7. The van der Waals surface area contributed by atoms with Gasteiger partial charge in [0, 0.05) is 35.5 Å². The second kappa shape index (κ2) is 8.46. The van der Waals surface area contributed by atoms with Crippen molar-refractivity contribution < 1.29 is 5.11 Å². The largest absolute Gasteiger partial charge is 0.396 e. The fraction of sp³-hybridized carbons (Fsp3) is 0.158. The van der Waals surface area contributed by atoms with Crippen LogP contribution < -0.4 is 10.6 Å². The molecule has 1 aromatic heterocycles. The van der Waals surface area contributed by atoms with Crippen molar-refractivity contribution >= 4 is 29.1 Å². The smallest absolute Gasteiger partial charge is 0.225 e. The number of nitrogens with zero attached hydrogens (tertiary/aromatic N) is 2. The van der Waals surface area contributed by atoms with E-state index in [2.05, 4.69) is 20.6 Å². The van der Waals surface area contributed by atoms with Crippen molar-refractivity contribution in [1.82, 2.24) is 9.97 Å². The number of hydrogen-bond donors (Lipinski definition) is 3. The number of aliphatic hydroxyl groups is 1. The second-order valence-corrected chi connectivity index (χ2v) is 5.90. The predicted octanol–water partition coefficient (Wildman–Crippen LogP) is 4.33. The molecule has 0 unspecified atom stereocenters. The molecule has 3 rings (SSSR count). The Morgan fingerprint density at radius 1 is 0.960 bits per heavy atom. The Morgan fingerprint density at radius 3 is 2.44 bits per heavy atom. The quantitative estimate of drug-likeness (QED) is 0.551. The van der Waals surface area contributed by atoms with E-state index in [0.717, 1.165) is 16.9 Å². The molecular weight excluding hydrogens is 336 g/mol. The third kappa shape index (κ3) is 4.92. The summed E-state index contributed by atoms with van der Waals surface area (Å²) in [5, 5.41) is 16.1. The van der Waals surface area contributed by atoms with Crippen molar-refractivity contribution in [3.05, 3.63) is 65.7 Å². The molecule has 3 N–H and O–H groups in total. The van der Waals surface area contributed by atoms with Crippen LogP contribution >= 0.6 is 11.6 Å². The minimum Gasteiger partial charge on any atom is -0.396 e. The number of aromatic nitrogens is 2. The van der Waals surface area contributed by atoms with Gasteiger partial charge >= 0.3 is 0 Å². The average molecular weight is 355 g/mol. The number of anilines is 3. The van der Waals surface area contributed by atoms with Gasteiger partial charge in [-0.25, -0.2) is 4.98 Å². The van der Waals surface area contributed by atoms with E-state index in [0.29, 0.717) is 29.8 Å². The topological polar surface area (TPSA) is 70.1 Å². The minimum absolute atomic E-state index is 0.126. The van der Waals surface area contributed by atoms with E-state index in [9.17, 15) is 0 Å². The zero-order chi connectivity index (χ0) is 17.5. The Kier molecular flexibility index (Phi) is 5.82. The zero-order valence-corrected chi connectivity index (χ0v) is 14.4. The van der Waals surface area contributed by atoms with E-state index in [1.807, 2.05) is 60.7 Å². The minimum atomic E-state index is 0.126. The number of benzene rings is 2. The van der Waals surface area contributed by atoms with Crippen molar-refractivity contribution in [1.29, 1.82) is 0 Å². The highest BCUT2D eigenvalue weighted by Crippen LogP contribution is 2.24. The van der Waals surface area contributed by atoms with Gasteiger partial charge in [-0.05, 0) is 30.7 Å². The van der Waals surface area contributed by atoms with Crippen LogP contribution in [-0.2, 0) is 0 Å². The van der Waals surface area contributed by atoms with Crippen LogP contribution in [-0.4, -0.2) is 28.2 Å². The first-order chi connectivity index (χ1) is 12.2. The maximum atomic E-state index is 8.94. The standard InChI is InChI=1S/C19H19ClN4O/c20-15-7-9-16(10-8-15)22-18-13-17(14-5-2-1-3-6-14)23-19(24-18)21-11-4-12-25/h1-3,5-10,13,25H,4,11-12H2,(H2,21,22,23,24). The van der Waals surface area contributed by atoms with Gasteiger partial charge in [0.25, 0.3) is 0 Å². The van der Waals surface area contributed by atoms with Gasteiger partial charge in [-0.2, -0.15) is 4.98 Å². The number of hydrogen-bond acceptors (Lipinski definition) is 5. The molecule has 3 aromatic rings. The van der Waals surface area contributed by atoms with Gasteiger partial charge in [-0.1, -0.05) is 41.9 Å². The summed E-state index contributed by atoms with van der Waals surface area (Å²) < 4.78 is 0. The molecule has 25 heavy (non-hydrogen) atoms. The van der Waals surface area contributed by atoms with Crippen LogP contribution in [0.25, 0.3) is 11.3 Å². The van der Waals surface area contributed by atoms with Crippen LogP contribution in [0.1, 0.15) is 6.42 Å². The highest BCUT2D eigenvalue weighted by atomic mass is 35.5. The molecule has 0 atom stereocenters. The summed E-state index contributed by atoms with van der Waals surface area (Å²) in [6.07, 6.45) is 0.638. The Morgan fingerprint density at radius 2 is 1.72 bits per heavy atom. The van der Waals surface area contributed by atoms with Crippen LogP contribution in [0, 0.1) is 0 Å². The van der Waals surface area contributed by atoms with Gasteiger partial charge in [0.1, 0.15) is 5.82 Å². The molecule has 0 amide bonds. The lowest BCUT2D eigenvalue weighted by atomic mass is 10.1. The first-order valence-corrected chi connectivity index (χ1v) is 8.44. The van der Waals surface area contributed by atoms with E-state index < -0.39 is 0 Å². The maximum Gasteiger partial charge on any atom is 0.225 e. The van der Waals surface area contributed by atoms with Crippen molar-refractivity contribution in [3.8, 4) is 11.3 Å². The second-order valence-electron chi connectivity index (χ2n) is 5.46. The SMILES string of the molecule is OCCCNc1nc(Nc2ccc(Cl)cc2)cc(-c2ccccc2)n1. The molecule has 6 heteroatoms. The number of halogens is 1. The summed E-state index contributed by atoms with van der Waals surface area (Å²) in [6, 6.07) is 19.3. The molecule has 5 nitrogen and oxygen atoms in total. The van der Waals surface area contributed by atoms with Crippen LogP contribution in [0.4, 0.5) is 17.5 Å². The Balaban J connectivity index is 1.89. The summed E-state index contributed by atoms with van der Waals surface area (Å²) in [6.45, 7) is 0.733. The highest BCUT2D eigenvalue weighted by molar-refractivity contribution is 6.30. The molecule has 0 bridgehead atoms. The third-order valence-electron chi connectivity index (χ3n) is 3.53.